The number of carboxylic acids is 1. The molecule has 0 unspecified atom stereocenters. The molecule has 0 saturated carbocycles. The highest BCUT2D eigenvalue weighted by Crippen LogP contribution is 2.28. The second-order valence-electron chi connectivity index (χ2n) is 4.19. The van der Waals surface area contributed by atoms with Crippen molar-refractivity contribution in [3.63, 3.8) is 0 Å². The van der Waals surface area contributed by atoms with Crippen molar-refractivity contribution in [2.24, 2.45) is 0 Å². The van der Waals surface area contributed by atoms with E-state index in [0.717, 1.165) is 11.1 Å². The fourth-order valence-corrected chi connectivity index (χ4v) is 1.77. The van der Waals surface area contributed by atoms with E-state index in [-0.39, 0.29) is 23.7 Å². The van der Waals surface area contributed by atoms with Crippen LogP contribution in [0.2, 0.25) is 0 Å². The molecule has 0 atom stereocenters. The van der Waals surface area contributed by atoms with E-state index in [2.05, 4.69) is 6.58 Å². The standard InChI is InChI=1S/C16H14O4/c1-2-11-6-8-12(9-7-11)10-20-14-5-3-4-13(17)15(14)16(18)19/h2-9,17H,1,10H2,(H,18,19). The summed E-state index contributed by atoms with van der Waals surface area (Å²) in [6, 6.07) is 11.9. The number of hydrogen-bond acceptors (Lipinski definition) is 3. The van der Waals surface area contributed by atoms with Crippen LogP contribution in [0.4, 0.5) is 0 Å². The molecular formula is C16H14O4. The van der Waals surface area contributed by atoms with Crippen LogP contribution in [-0.2, 0) is 6.61 Å². The number of aromatic hydroxyl groups is 1. The minimum absolute atomic E-state index is 0.144. The average Bonchev–Trinajstić information content (AvgIpc) is 2.45. The summed E-state index contributed by atoms with van der Waals surface area (Å²) in [6.07, 6.45) is 1.74. The molecule has 2 N–H and O–H groups in total. The summed E-state index contributed by atoms with van der Waals surface area (Å²) in [5.74, 6) is -1.39. The molecule has 0 spiro atoms. The molecule has 0 aliphatic carbocycles. The number of rotatable bonds is 5. The zero-order valence-corrected chi connectivity index (χ0v) is 10.7. The number of carbonyl (C=O) groups is 1. The van der Waals surface area contributed by atoms with Gasteiger partial charge in [-0.3, -0.25) is 0 Å². The number of ether oxygens (including phenoxy) is 1. The molecule has 4 nitrogen and oxygen atoms in total. The lowest BCUT2D eigenvalue weighted by Gasteiger charge is -2.10. The van der Waals surface area contributed by atoms with Crippen LogP contribution in [0.25, 0.3) is 6.08 Å². The number of hydrogen-bond donors (Lipinski definition) is 2. The molecule has 0 fully saturated rings. The van der Waals surface area contributed by atoms with E-state index >= 15 is 0 Å². The molecule has 20 heavy (non-hydrogen) atoms. The van der Waals surface area contributed by atoms with Crippen LogP contribution in [0.1, 0.15) is 21.5 Å². The van der Waals surface area contributed by atoms with Gasteiger partial charge in [-0.25, -0.2) is 4.79 Å². The molecule has 2 aromatic carbocycles. The Balaban J connectivity index is 2.16. The molecule has 0 radical (unpaired) electrons. The molecular weight excluding hydrogens is 256 g/mol. The fourth-order valence-electron chi connectivity index (χ4n) is 1.77. The summed E-state index contributed by atoms with van der Waals surface area (Å²) in [6.45, 7) is 3.89. The summed E-state index contributed by atoms with van der Waals surface area (Å²) in [5, 5.41) is 18.6. The van der Waals surface area contributed by atoms with Gasteiger partial charge in [0.05, 0.1) is 0 Å². The minimum atomic E-state index is -1.22. The maximum atomic E-state index is 11.1. The third-order valence-corrected chi connectivity index (χ3v) is 2.83. The quantitative estimate of drug-likeness (QED) is 0.874. The number of benzene rings is 2. The molecule has 0 aromatic heterocycles. The minimum Gasteiger partial charge on any atom is -0.507 e. The van der Waals surface area contributed by atoms with E-state index < -0.39 is 5.97 Å². The molecule has 0 aliphatic rings. The number of phenols is 1. The molecule has 2 rings (SSSR count). The zero-order chi connectivity index (χ0) is 14.5. The SMILES string of the molecule is C=Cc1ccc(COc2cccc(O)c2C(=O)O)cc1. The maximum Gasteiger partial charge on any atom is 0.343 e. The third-order valence-electron chi connectivity index (χ3n) is 2.83. The fraction of sp³-hybridized carbons (Fsp3) is 0.0625. The van der Waals surface area contributed by atoms with Crippen molar-refractivity contribution in [3.8, 4) is 11.5 Å². The van der Waals surface area contributed by atoms with E-state index in [1.807, 2.05) is 24.3 Å². The van der Waals surface area contributed by atoms with Crippen LogP contribution in [-0.4, -0.2) is 16.2 Å². The van der Waals surface area contributed by atoms with Crippen molar-refractivity contribution in [1.29, 1.82) is 0 Å². The van der Waals surface area contributed by atoms with Gasteiger partial charge in [-0.05, 0) is 23.3 Å². The average molecular weight is 270 g/mol. The Morgan fingerprint density at radius 2 is 1.90 bits per heavy atom. The molecule has 4 heteroatoms. The van der Waals surface area contributed by atoms with Gasteiger partial charge in [0.25, 0.3) is 0 Å². The van der Waals surface area contributed by atoms with Crippen molar-refractivity contribution in [2.45, 2.75) is 6.61 Å². The van der Waals surface area contributed by atoms with Gasteiger partial charge in [-0.2, -0.15) is 0 Å². The summed E-state index contributed by atoms with van der Waals surface area (Å²) in [5.41, 5.74) is 1.67. The predicted octanol–water partition coefficient (Wildman–Crippen LogP) is 3.31. The van der Waals surface area contributed by atoms with E-state index in [4.69, 9.17) is 9.84 Å². The monoisotopic (exact) mass is 270 g/mol. The van der Waals surface area contributed by atoms with Crippen LogP contribution in [0.3, 0.4) is 0 Å². The molecule has 0 heterocycles. The van der Waals surface area contributed by atoms with Crippen molar-refractivity contribution in [3.05, 3.63) is 65.7 Å². The van der Waals surface area contributed by atoms with E-state index in [1.54, 1.807) is 6.08 Å². The molecule has 0 bridgehead atoms. The van der Waals surface area contributed by atoms with Crippen LogP contribution < -0.4 is 4.74 Å². The Bertz CT molecular complexity index is 629. The van der Waals surface area contributed by atoms with Gasteiger partial charge in [0.2, 0.25) is 0 Å². The lowest BCUT2D eigenvalue weighted by atomic mass is 10.1. The highest BCUT2D eigenvalue weighted by atomic mass is 16.5. The van der Waals surface area contributed by atoms with Crippen molar-refractivity contribution in [1.82, 2.24) is 0 Å². The Kier molecular flexibility index (Phi) is 4.05. The highest BCUT2D eigenvalue weighted by Gasteiger charge is 2.16. The van der Waals surface area contributed by atoms with Crippen molar-refractivity contribution in [2.75, 3.05) is 0 Å². The van der Waals surface area contributed by atoms with Gasteiger partial charge < -0.3 is 14.9 Å². The lowest BCUT2D eigenvalue weighted by Crippen LogP contribution is -2.03. The number of aromatic carboxylic acids is 1. The molecule has 102 valence electrons. The molecule has 0 amide bonds. The number of carboxylic acid groups (broad SMARTS) is 1. The second-order valence-corrected chi connectivity index (χ2v) is 4.19. The topological polar surface area (TPSA) is 66.8 Å². The first-order valence-electron chi connectivity index (χ1n) is 6.01. The molecule has 0 saturated heterocycles. The Morgan fingerprint density at radius 1 is 1.20 bits per heavy atom. The van der Waals surface area contributed by atoms with E-state index in [0.29, 0.717) is 0 Å². The predicted molar refractivity (Wildman–Crippen MR) is 75.9 cm³/mol. The smallest absolute Gasteiger partial charge is 0.343 e. The Hall–Kier alpha value is -2.75. The highest BCUT2D eigenvalue weighted by molar-refractivity contribution is 5.93. The van der Waals surface area contributed by atoms with Gasteiger partial charge in [-0.1, -0.05) is 43.0 Å². The van der Waals surface area contributed by atoms with Crippen LogP contribution in [0, 0.1) is 0 Å². The van der Waals surface area contributed by atoms with Crippen molar-refractivity contribution < 1.29 is 19.7 Å². The van der Waals surface area contributed by atoms with Crippen LogP contribution in [0.15, 0.2) is 49.0 Å². The van der Waals surface area contributed by atoms with Crippen LogP contribution in [0.5, 0.6) is 11.5 Å². The first-order valence-corrected chi connectivity index (χ1v) is 6.01. The maximum absolute atomic E-state index is 11.1. The van der Waals surface area contributed by atoms with Gasteiger partial charge >= 0.3 is 5.97 Å². The zero-order valence-electron chi connectivity index (χ0n) is 10.7. The summed E-state index contributed by atoms with van der Waals surface area (Å²) in [4.78, 5) is 11.1. The summed E-state index contributed by atoms with van der Waals surface area (Å²) >= 11 is 0. The van der Waals surface area contributed by atoms with Gasteiger partial charge in [-0.15, -0.1) is 0 Å². The normalized spacial score (nSPS) is 10.0. The second kappa shape index (κ2) is 5.93. The van der Waals surface area contributed by atoms with Gasteiger partial charge in [0, 0.05) is 0 Å². The first kappa shape index (κ1) is 13.7. The third kappa shape index (κ3) is 2.98. The van der Waals surface area contributed by atoms with Gasteiger partial charge in [0.15, 0.2) is 0 Å². The molecule has 0 aliphatic heterocycles. The van der Waals surface area contributed by atoms with E-state index in [9.17, 15) is 9.90 Å². The lowest BCUT2D eigenvalue weighted by molar-refractivity contribution is 0.0688. The first-order chi connectivity index (χ1) is 9.61. The summed E-state index contributed by atoms with van der Waals surface area (Å²) in [7, 11) is 0. The molecule has 2 aromatic rings. The summed E-state index contributed by atoms with van der Waals surface area (Å²) < 4.78 is 5.47. The van der Waals surface area contributed by atoms with Crippen LogP contribution >= 0.6 is 0 Å². The van der Waals surface area contributed by atoms with Gasteiger partial charge in [0.1, 0.15) is 23.7 Å². The van der Waals surface area contributed by atoms with Crippen molar-refractivity contribution >= 4 is 12.0 Å². The Morgan fingerprint density at radius 3 is 2.50 bits per heavy atom. The Labute approximate surface area is 116 Å². The van der Waals surface area contributed by atoms with E-state index in [1.165, 1.54) is 18.2 Å². The largest absolute Gasteiger partial charge is 0.507 e.